The molecule has 0 radical (unpaired) electrons. The molecular weight excluding hydrogens is 316 g/mol. The second-order valence-electron chi connectivity index (χ2n) is 7.23. The third-order valence-corrected chi connectivity index (χ3v) is 5.24. The molecular formula is C18H26N6O. The maximum atomic E-state index is 6.14. The molecule has 2 saturated heterocycles. The van der Waals surface area contributed by atoms with Gasteiger partial charge in [0.25, 0.3) is 0 Å². The summed E-state index contributed by atoms with van der Waals surface area (Å²) in [7, 11) is 0. The van der Waals surface area contributed by atoms with Gasteiger partial charge in [-0.05, 0) is 70.8 Å². The van der Waals surface area contributed by atoms with Crippen molar-refractivity contribution in [3.8, 4) is 5.82 Å². The van der Waals surface area contributed by atoms with Crippen molar-refractivity contribution in [2.75, 3.05) is 25.0 Å². The number of aromatic nitrogens is 4. The molecule has 2 aromatic heterocycles. The van der Waals surface area contributed by atoms with Gasteiger partial charge in [0.2, 0.25) is 0 Å². The van der Waals surface area contributed by atoms with E-state index in [1.807, 2.05) is 36.7 Å². The van der Waals surface area contributed by atoms with E-state index in [1.54, 1.807) is 0 Å². The van der Waals surface area contributed by atoms with Crippen molar-refractivity contribution in [3.63, 3.8) is 0 Å². The zero-order valence-electron chi connectivity index (χ0n) is 15.0. The van der Waals surface area contributed by atoms with Gasteiger partial charge in [0.05, 0.1) is 11.3 Å². The van der Waals surface area contributed by atoms with Crippen molar-refractivity contribution in [2.45, 2.75) is 51.2 Å². The summed E-state index contributed by atoms with van der Waals surface area (Å²) in [5.41, 5.74) is 2.08. The lowest BCUT2D eigenvalue weighted by Crippen LogP contribution is -2.50. The van der Waals surface area contributed by atoms with Gasteiger partial charge in [0.1, 0.15) is 5.82 Å². The standard InChI is InChI=1S/C18H26N6O/c1-13-11-14(2)24(23-13)17-4-3-16(21-22-17)20-15-5-10-25-18(12-15)6-8-19-9-7-18/h3-4,11,15,19H,5-10,12H2,1-2H3,(H,20,21). The van der Waals surface area contributed by atoms with E-state index >= 15 is 0 Å². The molecule has 0 bridgehead atoms. The van der Waals surface area contributed by atoms with E-state index in [-0.39, 0.29) is 5.60 Å². The second-order valence-corrected chi connectivity index (χ2v) is 7.23. The molecule has 2 aliphatic heterocycles. The molecule has 7 nitrogen and oxygen atoms in total. The lowest BCUT2D eigenvalue weighted by atomic mass is 9.83. The third kappa shape index (κ3) is 3.52. The second kappa shape index (κ2) is 6.72. The van der Waals surface area contributed by atoms with Crippen LogP contribution in [0, 0.1) is 13.8 Å². The Hall–Kier alpha value is -1.99. The molecule has 2 N–H and O–H groups in total. The summed E-state index contributed by atoms with van der Waals surface area (Å²) >= 11 is 0. The monoisotopic (exact) mass is 342 g/mol. The summed E-state index contributed by atoms with van der Waals surface area (Å²) in [6.45, 7) is 6.91. The molecule has 134 valence electrons. The van der Waals surface area contributed by atoms with Crippen LogP contribution in [0.25, 0.3) is 5.82 Å². The van der Waals surface area contributed by atoms with Gasteiger partial charge in [-0.15, -0.1) is 10.2 Å². The van der Waals surface area contributed by atoms with Crippen LogP contribution in [-0.4, -0.2) is 51.3 Å². The van der Waals surface area contributed by atoms with Crippen molar-refractivity contribution in [1.82, 2.24) is 25.3 Å². The molecule has 4 rings (SSSR count). The molecule has 1 unspecified atom stereocenters. The molecule has 2 fully saturated rings. The van der Waals surface area contributed by atoms with Crippen molar-refractivity contribution < 1.29 is 4.74 Å². The van der Waals surface area contributed by atoms with Gasteiger partial charge >= 0.3 is 0 Å². The summed E-state index contributed by atoms with van der Waals surface area (Å²) in [6.07, 6.45) is 4.23. The van der Waals surface area contributed by atoms with Gasteiger partial charge in [0.15, 0.2) is 5.82 Å². The minimum Gasteiger partial charge on any atom is -0.375 e. The molecule has 4 heterocycles. The first-order valence-electron chi connectivity index (χ1n) is 9.12. The van der Waals surface area contributed by atoms with E-state index < -0.39 is 0 Å². The highest BCUT2D eigenvalue weighted by atomic mass is 16.5. The summed E-state index contributed by atoms with van der Waals surface area (Å²) in [5.74, 6) is 1.57. The molecule has 0 aliphatic carbocycles. The van der Waals surface area contributed by atoms with Crippen LogP contribution in [0.4, 0.5) is 5.82 Å². The number of hydrogen-bond donors (Lipinski definition) is 2. The van der Waals surface area contributed by atoms with Crippen molar-refractivity contribution in [1.29, 1.82) is 0 Å². The summed E-state index contributed by atoms with van der Waals surface area (Å²) in [5, 5.41) is 20.1. The smallest absolute Gasteiger partial charge is 0.176 e. The highest BCUT2D eigenvalue weighted by molar-refractivity contribution is 5.38. The Morgan fingerprint density at radius 3 is 2.76 bits per heavy atom. The molecule has 2 aromatic rings. The number of hydrogen-bond acceptors (Lipinski definition) is 6. The van der Waals surface area contributed by atoms with E-state index in [9.17, 15) is 0 Å². The van der Waals surface area contributed by atoms with Gasteiger partial charge in [-0.3, -0.25) is 0 Å². The topological polar surface area (TPSA) is 76.9 Å². The Bertz CT molecular complexity index is 714. The van der Waals surface area contributed by atoms with E-state index in [1.165, 1.54) is 0 Å². The van der Waals surface area contributed by atoms with Crippen LogP contribution in [0.5, 0.6) is 0 Å². The molecule has 1 spiro atoms. The highest BCUT2D eigenvalue weighted by Crippen LogP contribution is 2.34. The Morgan fingerprint density at radius 1 is 1.24 bits per heavy atom. The largest absolute Gasteiger partial charge is 0.375 e. The van der Waals surface area contributed by atoms with Crippen LogP contribution in [0.3, 0.4) is 0 Å². The maximum absolute atomic E-state index is 6.14. The quantitative estimate of drug-likeness (QED) is 0.888. The molecule has 0 saturated carbocycles. The first kappa shape index (κ1) is 16.5. The fourth-order valence-electron chi connectivity index (χ4n) is 3.97. The molecule has 1 atom stereocenters. The third-order valence-electron chi connectivity index (χ3n) is 5.24. The zero-order chi connectivity index (χ0) is 17.3. The van der Waals surface area contributed by atoms with Crippen LogP contribution in [0.1, 0.15) is 37.1 Å². The number of piperidine rings is 1. The van der Waals surface area contributed by atoms with Crippen LogP contribution in [-0.2, 0) is 4.74 Å². The average molecular weight is 342 g/mol. The highest BCUT2D eigenvalue weighted by Gasteiger charge is 2.38. The number of anilines is 1. The predicted molar refractivity (Wildman–Crippen MR) is 96.1 cm³/mol. The lowest BCUT2D eigenvalue weighted by Gasteiger charge is -2.43. The molecule has 7 heteroatoms. The fourth-order valence-corrected chi connectivity index (χ4v) is 3.97. The van der Waals surface area contributed by atoms with Crippen molar-refractivity contribution >= 4 is 5.82 Å². The van der Waals surface area contributed by atoms with E-state index in [2.05, 4.69) is 25.9 Å². The minimum atomic E-state index is 0.0399. The number of nitrogens with zero attached hydrogens (tertiary/aromatic N) is 4. The van der Waals surface area contributed by atoms with Crippen LogP contribution >= 0.6 is 0 Å². The minimum absolute atomic E-state index is 0.0399. The molecule has 2 aliphatic rings. The average Bonchev–Trinajstić information content (AvgIpc) is 2.95. The van der Waals surface area contributed by atoms with Crippen molar-refractivity contribution in [2.24, 2.45) is 0 Å². The summed E-state index contributed by atoms with van der Waals surface area (Å²) < 4.78 is 7.96. The fraction of sp³-hybridized carbons (Fsp3) is 0.611. The first-order valence-corrected chi connectivity index (χ1v) is 9.12. The number of rotatable bonds is 3. The zero-order valence-corrected chi connectivity index (χ0v) is 15.0. The van der Waals surface area contributed by atoms with Crippen LogP contribution in [0.15, 0.2) is 18.2 Å². The van der Waals surface area contributed by atoms with Gasteiger partial charge in [-0.2, -0.15) is 5.10 Å². The van der Waals surface area contributed by atoms with E-state index in [4.69, 9.17) is 4.74 Å². The molecule has 0 amide bonds. The van der Waals surface area contributed by atoms with E-state index in [0.717, 1.165) is 68.4 Å². The van der Waals surface area contributed by atoms with Crippen LogP contribution in [0.2, 0.25) is 0 Å². The van der Waals surface area contributed by atoms with Crippen LogP contribution < -0.4 is 10.6 Å². The lowest BCUT2D eigenvalue weighted by molar-refractivity contribution is -0.0986. The number of ether oxygens (including phenoxy) is 1. The Morgan fingerprint density at radius 2 is 2.08 bits per heavy atom. The molecule has 25 heavy (non-hydrogen) atoms. The summed E-state index contributed by atoms with van der Waals surface area (Å²) in [6, 6.07) is 6.38. The Balaban J connectivity index is 1.43. The Labute approximate surface area is 148 Å². The SMILES string of the molecule is Cc1cc(C)n(-c2ccc(NC3CCOC4(CCNCC4)C3)nn2)n1. The van der Waals surface area contributed by atoms with Gasteiger partial charge < -0.3 is 15.4 Å². The first-order chi connectivity index (χ1) is 12.1. The number of nitrogens with one attached hydrogen (secondary N) is 2. The predicted octanol–water partition coefficient (Wildman–Crippen LogP) is 1.99. The summed E-state index contributed by atoms with van der Waals surface area (Å²) in [4.78, 5) is 0. The van der Waals surface area contributed by atoms with E-state index in [0.29, 0.717) is 6.04 Å². The maximum Gasteiger partial charge on any atom is 0.176 e. The van der Waals surface area contributed by atoms with Gasteiger partial charge in [0, 0.05) is 18.3 Å². The normalized spacial score (nSPS) is 22.9. The van der Waals surface area contributed by atoms with Gasteiger partial charge in [-0.25, -0.2) is 4.68 Å². The van der Waals surface area contributed by atoms with Gasteiger partial charge in [-0.1, -0.05) is 0 Å². The number of aryl methyl sites for hydroxylation is 2. The van der Waals surface area contributed by atoms with Crippen molar-refractivity contribution in [3.05, 3.63) is 29.6 Å². The Kier molecular flexibility index (Phi) is 4.43. The molecule has 0 aromatic carbocycles.